The summed E-state index contributed by atoms with van der Waals surface area (Å²) in [6.07, 6.45) is 1.86. The topological polar surface area (TPSA) is 87.6 Å². The molecule has 0 spiro atoms. The SMILES string of the molecule is N#CCCNc1ccc(-c2ccc3ncoc3c2)nn1. The van der Waals surface area contributed by atoms with Gasteiger partial charge >= 0.3 is 0 Å². The number of nitrogens with one attached hydrogen (secondary N) is 1. The predicted octanol–water partition coefficient (Wildman–Crippen LogP) is 2.61. The lowest BCUT2D eigenvalue weighted by Crippen LogP contribution is -2.03. The largest absolute Gasteiger partial charge is 0.443 e. The Labute approximate surface area is 115 Å². The zero-order chi connectivity index (χ0) is 13.8. The maximum absolute atomic E-state index is 8.47. The fourth-order valence-electron chi connectivity index (χ4n) is 1.84. The second kappa shape index (κ2) is 5.36. The zero-order valence-corrected chi connectivity index (χ0v) is 10.6. The molecule has 3 aromatic rings. The van der Waals surface area contributed by atoms with Crippen molar-refractivity contribution in [2.75, 3.05) is 11.9 Å². The van der Waals surface area contributed by atoms with E-state index in [1.807, 2.05) is 30.3 Å². The molecule has 0 aliphatic rings. The summed E-state index contributed by atoms with van der Waals surface area (Å²) in [6, 6.07) is 11.5. The van der Waals surface area contributed by atoms with Crippen LogP contribution in [0.2, 0.25) is 0 Å². The standard InChI is InChI=1S/C14H11N5O/c15-6-1-7-16-14-5-4-11(18-19-14)10-2-3-12-13(8-10)20-9-17-12/h2-5,8-9H,1,7H2,(H,16,19). The van der Waals surface area contributed by atoms with Gasteiger partial charge in [0.15, 0.2) is 12.0 Å². The van der Waals surface area contributed by atoms with Crippen molar-refractivity contribution in [2.24, 2.45) is 0 Å². The molecule has 2 aromatic heterocycles. The van der Waals surface area contributed by atoms with E-state index in [1.54, 1.807) is 0 Å². The van der Waals surface area contributed by atoms with Gasteiger partial charge in [-0.3, -0.25) is 0 Å². The van der Waals surface area contributed by atoms with E-state index < -0.39 is 0 Å². The van der Waals surface area contributed by atoms with E-state index in [-0.39, 0.29) is 0 Å². The number of hydrogen-bond acceptors (Lipinski definition) is 6. The summed E-state index contributed by atoms with van der Waals surface area (Å²) in [4.78, 5) is 4.07. The van der Waals surface area contributed by atoms with E-state index in [0.717, 1.165) is 22.4 Å². The molecule has 20 heavy (non-hydrogen) atoms. The third-order valence-electron chi connectivity index (χ3n) is 2.83. The highest BCUT2D eigenvalue weighted by Crippen LogP contribution is 2.22. The van der Waals surface area contributed by atoms with Gasteiger partial charge in [0.05, 0.1) is 18.2 Å². The minimum Gasteiger partial charge on any atom is -0.443 e. The molecular formula is C14H11N5O. The van der Waals surface area contributed by atoms with Crippen LogP contribution in [-0.2, 0) is 0 Å². The van der Waals surface area contributed by atoms with Crippen LogP contribution in [-0.4, -0.2) is 21.7 Å². The first-order valence-corrected chi connectivity index (χ1v) is 6.15. The Hall–Kier alpha value is -2.94. The maximum atomic E-state index is 8.47. The van der Waals surface area contributed by atoms with Crippen molar-refractivity contribution >= 4 is 16.9 Å². The van der Waals surface area contributed by atoms with Crippen LogP contribution in [0.15, 0.2) is 41.1 Å². The molecule has 0 amide bonds. The highest BCUT2D eigenvalue weighted by molar-refractivity contribution is 5.78. The molecule has 0 atom stereocenters. The molecule has 1 N–H and O–H groups in total. The van der Waals surface area contributed by atoms with Crippen molar-refractivity contribution in [3.05, 3.63) is 36.7 Å². The zero-order valence-electron chi connectivity index (χ0n) is 10.6. The number of fused-ring (bicyclic) bond motifs is 1. The summed E-state index contributed by atoms with van der Waals surface area (Å²) in [5.41, 5.74) is 3.22. The molecule has 6 nitrogen and oxygen atoms in total. The van der Waals surface area contributed by atoms with Gasteiger partial charge in [0, 0.05) is 12.1 Å². The lowest BCUT2D eigenvalue weighted by Gasteiger charge is -2.03. The first kappa shape index (κ1) is 12.1. The number of nitrogens with zero attached hydrogens (tertiary/aromatic N) is 4. The van der Waals surface area contributed by atoms with Gasteiger partial charge in [-0.05, 0) is 24.3 Å². The summed E-state index contributed by atoms with van der Waals surface area (Å²) in [5.74, 6) is 0.657. The number of aromatic nitrogens is 3. The summed E-state index contributed by atoms with van der Waals surface area (Å²) >= 11 is 0. The third-order valence-corrected chi connectivity index (χ3v) is 2.83. The van der Waals surface area contributed by atoms with E-state index >= 15 is 0 Å². The van der Waals surface area contributed by atoms with Crippen LogP contribution in [0.5, 0.6) is 0 Å². The lowest BCUT2D eigenvalue weighted by molar-refractivity contribution is 0.602. The van der Waals surface area contributed by atoms with Crippen LogP contribution in [0.3, 0.4) is 0 Å². The lowest BCUT2D eigenvalue weighted by atomic mass is 10.1. The third kappa shape index (κ3) is 2.42. The van der Waals surface area contributed by atoms with Crippen LogP contribution < -0.4 is 5.32 Å². The Kier molecular flexibility index (Phi) is 3.25. The first-order chi connectivity index (χ1) is 9.86. The number of anilines is 1. The van der Waals surface area contributed by atoms with Crippen LogP contribution in [0.4, 0.5) is 5.82 Å². The molecule has 0 saturated carbocycles. The van der Waals surface area contributed by atoms with Gasteiger partial charge in [0.25, 0.3) is 0 Å². The Morgan fingerprint density at radius 1 is 1.20 bits per heavy atom. The van der Waals surface area contributed by atoms with Gasteiger partial charge in [-0.1, -0.05) is 6.07 Å². The van der Waals surface area contributed by atoms with Crippen molar-refractivity contribution in [2.45, 2.75) is 6.42 Å². The minimum absolute atomic E-state index is 0.436. The Morgan fingerprint density at radius 2 is 2.15 bits per heavy atom. The Bertz CT molecular complexity index is 757. The number of hydrogen-bond donors (Lipinski definition) is 1. The summed E-state index contributed by atoms with van der Waals surface area (Å²) in [6.45, 7) is 0.564. The summed E-state index contributed by atoms with van der Waals surface area (Å²) < 4.78 is 5.27. The van der Waals surface area contributed by atoms with Crippen molar-refractivity contribution in [1.82, 2.24) is 15.2 Å². The molecule has 2 heterocycles. The van der Waals surface area contributed by atoms with Gasteiger partial charge < -0.3 is 9.73 Å². The van der Waals surface area contributed by atoms with Crippen LogP contribution >= 0.6 is 0 Å². The minimum atomic E-state index is 0.436. The number of nitriles is 1. The van der Waals surface area contributed by atoms with Gasteiger partial charge in [-0.2, -0.15) is 5.26 Å². The number of oxazole rings is 1. The van der Waals surface area contributed by atoms with Crippen LogP contribution in [0, 0.1) is 11.3 Å². The van der Waals surface area contributed by atoms with Crippen molar-refractivity contribution < 1.29 is 4.42 Å². The van der Waals surface area contributed by atoms with Crippen LogP contribution in [0.1, 0.15) is 6.42 Å². The van der Waals surface area contributed by atoms with Gasteiger partial charge in [-0.25, -0.2) is 4.98 Å². The molecule has 0 unspecified atom stereocenters. The molecule has 98 valence electrons. The molecule has 0 aliphatic heterocycles. The highest BCUT2D eigenvalue weighted by atomic mass is 16.3. The van der Waals surface area contributed by atoms with E-state index in [0.29, 0.717) is 18.8 Å². The smallest absolute Gasteiger partial charge is 0.181 e. The van der Waals surface area contributed by atoms with Gasteiger partial charge in [0.1, 0.15) is 11.3 Å². The van der Waals surface area contributed by atoms with E-state index in [9.17, 15) is 0 Å². The Balaban J connectivity index is 1.81. The molecule has 6 heteroatoms. The van der Waals surface area contributed by atoms with Crippen LogP contribution in [0.25, 0.3) is 22.4 Å². The molecule has 0 aliphatic carbocycles. The molecule has 0 bridgehead atoms. The van der Waals surface area contributed by atoms with E-state index in [4.69, 9.17) is 9.68 Å². The maximum Gasteiger partial charge on any atom is 0.181 e. The van der Waals surface area contributed by atoms with Gasteiger partial charge in [-0.15, -0.1) is 10.2 Å². The molecule has 1 aromatic carbocycles. The Morgan fingerprint density at radius 3 is 2.95 bits per heavy atom. The van der Waals surface area contributed by atoms with Crippen molar-refractivity contribution in [3.8, 4) is 17.3 Å². The monoisotopic (exact) mass is 265 g/mol. The molecular weight excluding hydrogens is 254 g/mol. The summed E-state index contributed by atoms with van der Waals surface area (Å²) in [5, 5.41) is 19.7. The summed E-state index contributed by atoms with van der Waals surface area (Å²) in [7, 11) is 0. The van der Waals surface area contributed by atoms with Crippen molar-refractivity contribution in [3.63, 3.8) is 0 Å². The fourth-order valence-corrected chi connectivity index (χ4v) is 1.84. The molecule has 3 rings (SSSR count). The highest BCUT2D eigenvalue weighted by Gasteiger charge is 2.04. The first-order valence-electron chi connectivity index (χ1n) is 6.15. The second-order valence-corrected chi connectivity index (χ2v) is 4.17. The van der Waals surface area contributed by atoms with E-state index in [1.165, 1.54) is 6.39 Å². The quantitative estimate of drug-likeness (QED) is 0.729. The fraction of sp³-hybridized carbons (Fsp3) is 0.143. The predicted molar refractivity (Wildman–Crippen MR) is 73.8 cm³/mol. The molecule has 0 fully saturated rings. The van der Waals surface area contributed by atoms with Crippen molar-refractivity contribution in [1.29, 1.82) is 5.26 Å². The average Bonchev–Trinajstić information content (AvgIpc) is 2.96. The average molecular weight is 265 g/mol. The number of rotatable bonds is 4. The normalized spacial score (nSPS) is 10.3. The van der Waals surface area contributed by atoms with Gasteiger partial charge in [0.2, 0.25) is 0 Å². The van der Waals surface area contributed by atoms with E-state index in [2.05, 4.69) is 26.6 Å². The molecule has 0 radical (unpaired) electrons. The second-order valence-electron chi connectivity index (χ2n) is 4.17. The number of benzene rings is 1. The molecule has 0 saturated heterocycles.